The fourth-order valence-electron chi connectivity index (χ4n) is 2.06. The van der Waals surface area contributed by atoms with Crippen LogP contribution in [0.1, 0.15) is 43.6 Å². The Morgan fingerprint density at radius 2 is 2.00 bits per heavy atom. The van der Waals surface area contributed by atoms with Crippen LogP contribution in [0.25, 0.3) is 0 Å². The van der Waals surface area contributed by atoms with Crippen molar-refractivity contribution < 1.29 is 14.3 Å². The van der Waals surface area contributed by atoms with E-state index in [4.69, 9.17) is 10.5 Å². The highest BCUT2D eigenvalue weighted by Crippen LogP contribution is 2.23. The highest BCUT2D eigenvalue weighted by atomic mass is 16.5. The van der Waals surface area contributed by atoms with Gasteiger partial charge in [0.2, 0.25) is 5.91 Å². The molecule has 0 aliphatic carbocycles. The Bertz CT molecular complexity index is 512. The van der Waals surface area contributed by atoms with E-state index in [1.807, 2.05) is 31.7 Å². The summed E-state index contributed by atoms with van der Waals surface area (Å²) in [5.41, 5.74) is 6.82. The van der Waals surface area contributed by atoms with Crippen LogP contribution in [0.5, 0.6) is 5.75 Å². The first-order valence-corrected chi connectivity index (χ1v) is 7.14. The molecule has 0 heterocycles. The van der Waals surface area contributed by atoms with Gasteiger partial charge in [0.15, 0.2) is 5.78 Å². The van der Waals surface area contributed by atoms with E-state index >= 15 is 0 Å². The lowest BCUT2D eigenvalue weighted by Crippen LogP contribution is -2.38. The predicted molar refractivity (Wildman–Crippen MR) is 82.4 cm³/mol. The number of carbonyl (C=O) groups is 2. The second kappa shape index (κ2) is 7.78. The maximum Gasteiger partial charge on any atom is 0.231 e. The summed E-state index contributed by atoms with van der Waals surface area (Å²) < 4.78 is 5.60. The van der Waals surface area contributed by atoms with E-state index < -0.39 is 0 Å². The van der Waals surface area contributed by atoms with Crippen molar-refractivity contribution in [2.45, 2.75) is 40.3 Å². The number of primary amides is 1. The Morgan fingerprint density at radius 3 is 2.48 bits per heavy atom. The molecule has 0 fully saturated rings. The molecule has 0 aromatic heterocycles. The molecule has 5 heteroatoms. The first kappa shape index (κ1) is 17.2. The van der Waals surface area contributed by atoms with E-state index in [-0.39, 0.29) is 24.3 Å². The number of nitrogens with zero attached hydrogens (tertiary/aromatic N) is 1. The minimum atomic E-state index is -0.371. The van der Waals surface area contributed by atoms with Gasteiger partial charge in [-0.05, 0) is 45.9 Å². The molecule has 0 atom stereocenters. The molecule has 0 bridgehead atoms. The number of ether oxygens (including phenoxy) is 1. The van der Waals surface area contributed by atoms with Gasteiger partial charge in [-0.15, -0.1) is 0 Å². The van der Waals surface area contributed by atoms with E-state index in [0.29, 0.717) is 18.7 Å². The highest BCUT2D eigenvalue weighted by molar-refractivity contribution is 5.94. The lowest BCUT2D eigenvalue weighted by molar-refractivity contribution is -0.119. The maximum atomic E-state index is 11.5. The van der Waals surface area contributed by atoms with E-state index in [2.05, 4.69) is 0 Å². The summed E-state index contributed by atoms with van der Waals surface area (Å²) in [4.78, 5) is 24.7. The zero-order valence-corrected chi connectivity index (χ0v) is 13.2. The third-order valence-corrected chi connectivity index (χ3v) is 3.23. The molecular formula is C16H24N2O3. The lowest BCUT2D eigenvalue weighted by atomic mass is 10.1. The van der Waals surface area contributed by atoms with Gasteiger partial charge in [-0.2, -0.15) is 0 Å². The minimum absolute atomic E-state index is 0.00490. The monoisotopic (exact) mass is 292 g/mol. The van der Waals surface area contributed by atoms with Gasteiger partial charge in [0.05, 0.1) is 13.2 Å². The first-order chi connectivity index (χ1) is 9.85. The van der Waals surface area contributed by atoms with Crippen molar-refractivity contribution in [2.75, 3.05) is 13.2 Å². The van der Waals surface area contributed by atoms with Crippen LogP contribution in [0, 0.1) is 0 Å². The standard InChI is InChI=1S/C16H24N2O3/c1-5-21-15-7-6-13(12(4)19)8-14(15)9-18(11(2)3)10-16(17)20/h6-8,11H,5,9-10H2,1-4H3,(H2,17,20). The van der Waals surface area contributed by atoms with Crippen molar-refractivity contribution >= 4 is 11.7 Å². The molecule has 0 aliphatic rings. The summed E-state index contributed by atoms with van der Waals surface area (Å²) in [6.07, 6.45) is 0. The number of carbonyl (C=O) groups excluding carboxylic acids is 2. The van der Waals surface area contributed by atoms with Gasteiger partial charge in [-0.1, -0.05) is 0 Å². The van der Waals surface area contributed by atoms with Crippen LogP contribution >= 0.6 is 0 Å². The van der Waals surface area contributed by atoms with E-state index in [0.717, 1.165) is 11.3 Å². The van der Waals surface area contributed by atoms with Crippen LogP contribution in [0.4, 0.5) is 0 Å². The number of amides is 1. The Kier molecular flexibility index (Phi) is 6.37. The molecule has 0 spiro atoms. The molecule has 0 aliphatic heterocycles. The Morgan fingerprint density at radius 1 is 1.33 bits per heavy atom. The van der Waals surface area contributed by atoms with Crippen LogP contribution in [0.15, 0.2) is 18.2 Å². The van der Waals surface area contributed by atoms with E-state index in [1.54, 1.807) is 12.1 Å². The minimum Gasteiger partial charge on any atom is -0.494 e. The molecule has 1 rings (SSSR count). The molecule has 0 radical (unpaired) electrons. The van der Waals surface area contributed by atoms with Crippen molar-refractivity contribution in [3.63, 3.8) is 0 Å². The van der Waals surface area contributed by atoms with Crippen LogP contribution in [0.3, 0.4) is 0 Å². The Balaban J connectivity index is 3.08. The molecule has 1 amide bonds. The Hall–Kier alpha value is -1.88. The fourth-order valence-corrected chi connectivity index (χ4v) is 2.06. The van der Waals surface area contributed by atoms with Crippen molar-refractivity contribution in [1.82, 2.24) is 4.90 Å². The first-order valence-electron chi connectivity index (χ1n) is 7.14. The number of Topliss-reactive ketones (excluding diaryl/α,β-unsaturated/α-hetero) is 1. The number of hydrogen-bond acceptors (Lipinski definition) is 4. The second-order valence-electron chi connectivity index (χ2n) is 5.28. The van der Waals surface area contributed by atoms with Crippen molar-refractivity contribution in [2.24, 2.45) is 5.73 Å². The van der Waals surface area contributed by atoms with E-state index in [9.17, 15) is 9.59 Å². The smallest absolute Gasteiger partial charge is 0.231 e. The molecule has 5 nitrogen and oxygen atoms in total. The molecule has 116 valence electrons. The Labute approximate surface area is 126 Å². The third kappa shape index (κ3) is 5.19. The van der Waals surface area contributed by atoms with Crippen LogP contribution in [0.2, 0.25) is 0 Å². The van der Waals surface area contributed by atoms with Gasteiger partial charge < -0.3 is 10.5 Å². The van der Waals surface area contributed by atoms with Gasteiger partial charge in [0.25, 0.3) is 0 Å². The van der Waals surface area contributed by atoms with Crippen LogP contribution in [-0.2, 0) is 11.3 Å². The van der Waals surface area contributed by atoms with E-state index in [1.165, 1.54) is 6.92 Å². The summed E-state index contributed by atoms with van der Waals surface area (Å²) >= 11 is 0. The fraction of sp³-hybridized carbons (Fsp3) is 0.500. The molecule has 1 aromatic carbocycles. The molecular weight excluding hydrogens is 268 g/mol. The number of hydrogen-bond donors (Lipinski definition) is 1. The number of ketones is 1. The number of benzene rings is 1. The summed E-state index contributed by atoms with van der Waals surface area (Å²) in [6.45, 7) is 8.67. The average Bonchev–Trinajstić information content (AvgIpc) is 2.39. The maximum absolute atomic E-state index is 11.5. The van der Waals surface area contributed by atoms with Gasteiger partial charge >= 0.3 is 0 Å². The summed E-state index contributed by atoms with van der Waals surface area (Å²) in [6, 6.07) is 5.54. The summed E-state index contributed by atoms with van der Waals surface area (Å²) in [7, 11) is 0. The zero-order chi connectivity index (χ0) is 16.0. The van der Waals surface area contributed by atoms with Gasteiger partial charge in [0, 0.05) is 23.7 Å². The highest BCUT2D eigenvalue weighted by Gasteiger charge is 2.16. The molecule has 0 saturated heterocycles. The molecule has 0 saturated carbocycles. The summed E-state index contributed by atoms with van der Waals surface area (Å²) in [5, 5.41) is 0. The molecule has 0 unspecified atom stereocenters. The third-order valence-electron chi connectivity index (χ3n) is 3.23. The topological polar surface area (TPSA) is 72.6 Å². The van der Waals surface area contributed by atoms with Gasteiger partial charge in [-0.3, -0.25) is 14.5 Å². The largest absolute Gasteiger partial charge is 0.494 e. The van der Waals surface area contributed by atoms with Gasteiger partial charge in [0.1, 0.15) is 5.75 Å². The van der Waals surface area contributed by atoms with Crippen molar-refractivity contribution in [3.8, 4) is 5.75 Å². The molecule has 2 N–H and O–H groups in total. The zero-order valence-electron chi connectivity index (χ0n) is 13.2. The van der Waals surface area contributed by atoms with Crippen LogP contribution < -0.4 is 10.5 Å². The van der Waals surface area contributed by atoms with Crippen LogP contribution in [-0.4, -0.2) is 35.8 Å². The predicted octanol–water partition coefficient (Wildman–Crippen LogP) is 1.98. The quantitative estimate of drug-likeness (QED) is 0.744. The normalized spacial score (nSPS) is 11.0. The number of rotatable bonds is 8. The molecule has 21 heavy (non-hydrogen) atoms. The lowest BCUT2D eigenvalue weighted by Gasteiger charge is -2.26. The molecule has 1 aromatic rings. The summed E-state index contributed by atoms with van der Waals surface area (Å²) in [5.74, 6) is 0.368. The average molecular weight is 292 g/mol. The van der Waals surface area contributed by atoms with Crippen molar-refractivity contribution in [1.29, 1.82) is 0 Å². The second-order valence-corrected chi connectivity index (χ2v) is 5.28. The SMILES string of the molecule is CCOc1ccc(C(C)=O)cc1CN(CC(N)=O)C(C)C. The van der Waals surface area contributed by atoms with Gasteiger partial charge in [-0.25, -0.2) is 0 Å². The van der Waals surface area contributed by atoms with Crippen molar-refractivity contribution in [3.05, 3.63) is 29.3 Å². The number of nitrogens with two attached hydrogens (primary N) is 1.